The average molecular weight is 391 g/mol. The topological polar surface area (TPSA) is 32.3 Å². The number of phenols is 1. The molecule has 0 heterocycles. The number of aromatic hydroxyl groups is 1. The molecule has 0 aliphatic heterocycles. The molecule has 18 heavy (non-hydrogen) atoms. The highest BCUT2D eigenvalue weighted by atomic mass is 79.9. The summed E-state index contributed by atoms with van der Waals surface area (Å²) in [5, 5.41) is 13.7. The van der Waals surface area contributed by atoms with Crippen molar-refractivity contribution in [2.75, 3.05) is 5.32 Å². The third-order valence-electron chi connectivity index (χ3n) is 2.47. The van der Waals surface area contributed by atoms with Gasteiger partial charge in [0, 0.05) is 22.3 Å². The van der Waals surface area contributed by atoms with Crippen molar-refractivity contribution < 1.29 is 5.11 Å². The average Bonchev–Trinajstić information content (AvgIpc) is 2.35. The van der Waals surface area contributed by atoms with Crippen LogP contribution in [0.4, 0.5) is 5.69 Å². The molecule has 0 amide bonds. The standard InChI is InChI=1S/C13H10Br2ClNO/c14-10-5-4-9(6-12(10)16)17-7-8-2-1-3-11(15)13(8)18/h1-6,17-18H,7H2. The predicted molar refractivity (Wildman–Crippen MR) is 82.3 cm³/mol. The van der Waals surface area contributed by atoms with E-state index in [0.717, 1.165) is 15.7 Å². The maximum absolute atomic E-state index is 9.85. The Bertz CT molecular complexity index is 575. The minimum Gasteiger partial charge on any atom is -0.506 e. The van der Waals surface area contributed by atoms with Crippen molar-refractivity contribution in [1.29, 1.82) is 0 Å². The monoisotopic (exact) mass is 389 g/mol. The lowest BCUT2D eigenvalue weighted by molar-refractivity contribution is 0.465. The van der Waals surface area contributed by atoms with Gasteiger partial charge in [-0.05, 0) is 56.1 Å². The highest BCUT2D eigenvalue weighted by Gasteiger charge is 2.05. The number of para-hydroxylation sites is 1. The lowest BCUT2D eigenvalue weighted by Gasteiger charge is -2.09. The second kappa shape index (κ2) is 5.95. The van der Waals surface area contributed by atoms with E-state index in [9.17, 15) is 5.11 Å². The van der Waals surface area contributed by atoms with Gasteiger partial charge in [0.05, 0.1) is 9.50 Å². The number of benzene rings is 2. The molecule has 2 aromatic carbocycles. The first-order valence-corrected chi connectivity index (χ1v) is 7.19. The summed E-state index contributed by atoms with van der Waals surface area (Å²) in [7, 11) is 0. The van der Waals surface area contributed by atoms with E-state index in [4.69, 9.17) is 11.6 Å². The Morgan fingerprint density at radius 1 is 1.11 bits per heavy atom. The molecule has 5 heteroatoms. The molecule has 0 aliphatic carbocycles. The van der Waals surface area contributed by atoms with Crippen LogP contribution in [0.15, 0.2) is 45.3 Å². The van der Waals surface area contributed by atoms with Crippen molar-refractivity contribution in [3.05, 3.63) is 55.9 Å². The molecule has 94 valence electrons. The van der Waals surface area contributed by atoms with Crippen molar-refractivity contribution in [3.8, 4) is 5.75 Å². The van der Waals surface area contributed by atoms with Crippen LogP contribution in [0.1, 0.15) is 5.56 Å². The number of hydrogen-bond donors (Lipinski definition) is 2. The number of hydrogen-bond acceptors (Lipinski definition) is 2. The minimum atomic E-state index is 0.258. The molecule has 2 aromatic rings. The van der Waals surface area contributed by atoms with Gasteiger partial charge < -0.3 is 10.4 Å². The zero-order valence-corrected chi connectivity index (χ0v) is 13.2. The largest absolute Gasteiger partial charge is 0.506 e. The molecule has 0 bridgehead atoms. The molecule has 0 aliphatic rings. The number of phenolic OH excluding ortho intramolecular Hbond substituents is 1. The summed E-state index contributed by atoms with van der Waals surface area (Å²) in [6.07, 6.45) is 0. The summed E-state index contributed by atoms with van der Waals surface area (Å²) in [4.78, 5) is 0. The second-order valence-corrected chi connectivity index (χ2v) is 5.85. The van der Waals surface area contributed by atoms with Gasteiger partial charge in [-0.15, -0.1) is 0 Å². The van der Waals surface area contributed by atoms with Crippen molar-refractivity contribution in [2.45, 2.75) is 6.54 Å². The first-order valence-electron chi connectivity index (χ1n) is 5.23. The highest BCUT2D eigenvalue weighted by Crippen LogP contribution is 2.29. The van der Waals surface area contributed by atoms with Gasteiger partial charge in [-0.1, -0.05) is 23.7 Å². The van der Waals surface area contributed by atoms with E-state index >= 15 is 0 Å². The molecule has 2 rings (SSSR count). The fraction of sp³-hybridized carbons (Fsp3) is 0.0769. The minimum absolute atomic E-state index is 0.258. The molecule has 0 saturated carbocycles. The smallest absolute Gasteiger partial charge is 0.134 e. The van der Waals surface area contributed by atoms with Gasteiger partial charge in [-0.2, -0.15) is 0 Å². The number of nitrogens with one attached hydrogen (secondary N) is 1. The maximum atomic E-state index is 9.85. The molecule has 2 nitrogen and oxygen atoms in total. The Kier molecular flexibility index (Phi) is 4.54. The quantitative estimate of drug-likeness (QED) is 0.755. The van der Waals surface area contributed by atoms with Crippen LogP contribution in [0.25, 0.3) is 0 Å². The molecule has 0 fully saturated rings. The highest BCUT2D eigenvalue weighted by molar-refractivity contribution is 9.10. The predicted octanol–water partition coefficient (Wildman–Crippen LogP) is 5.18. The van der Waals surface area contributed by atoms with Gasteiger partial charge in [0.2, 0.25) is 0 Å². The van der Waals surface area contributed by atoms with Crippen LogP contribution in [0.2, 0.25) is 5.02 Å². The van der Waals surface area contributed by atoms with Crippen molar-refractivity contribution >= 4 is 49.1 Å². The van der Waals surface area contributed by atoms with Crippen LogP contribution in [-0.4, -0.2) is 5.11 Å². The van der Waals surface area contributed by atoms with Gasteiger partial charge in [-0.25, -0.2) is 0 Å². The summed E-state index contributed by atoms with van der Waals surface area (Å²) in [5.74, 6) is 0.258. The lowest BCUT2D eigenvalue weighted by atomic mass is 10.2. The zero-order chi connectivity index (χ0) is 13.1. The fourth-order valence-corrected chi connectivity index (χ4v) is 2.34. The summed E-state index contributed by atoms with van der Waals surface area (Å²) in [6, 6.07) is 11.2. The summed E-state index contributed by atoms with van der Waals surface area (Å²) in [5.41, 5.74) is 1.73. The summed E-state index contributed by atoms with van der Waals surface area (Å²) < 4.78 is 1.55. The summed E-state index contributed by atoms with van der Waals surface area (Å²) >= 11 is 12.6. The van der Waals surface area contributed by atoms with E-state index in [-0.39, 0.29) is 5.75 Å². The molecule has 0 atom stereocenters. The van der Waals surface area contributed by atoms with Crippen LogP contribution in [-0.2, 0) is 6.54 Å². The first kappa shape index (κ1) is 13.7. The van der Waals surface area contributed by atoms with E-state index in [1.165, 1.54) is 0 Å². The number of halogens is 3. The number of rotatable bonds is 3. The molecule has 0 radical (unpaired) electrons. The third-order valence-corrected chi connectivity index (χ3v) is 4.35. The zero-order valence-electron chi connectivity index (χ0n) is 9.25. The van der Waals surface area contributed by atoms with Crippen LogP contribution >= 0.6 is 43.5 Å². The van der Waals surface area contributed by atoms with Crippen molar-refractivity contribution in [2.24, 2.45) is 0 Å². The van der Waals surface area contributed by atoms with E-state index in [2.05, 4.69) is 37.2 Å². The van der Waals surface area contributed by atoms with Gasteiger partial charge in [0.15, 0.2) is 0 Å². The molecule has 2 N–H and O–H groups in total. The van der Waals surface area contributed by atoms with Gasteiger partial charge in [-0.3, -0.25) is 0 Å². The van der Waals surface area contributed by atoms with Crippen LogP contribution in [0, 0.1) is 0 Å². The first-order chi connectivity index (χ1) is 8.58. The van der Waals surface area contributed by atoms with E-state index in [1.807, 2.05) is 30.3 Å². The maximum Gasteiger partial charge on any atom is 0.134 e. The van der Waals surface area contributed by atoms with Crippen LogP contribution < -0.4 is 5.32 Å². The molecule has 0 unspecified atom stereocenters. The van der Waals surface area contributed by atoms with E-state index in [1.54, 1.807) is 6.07 Å². The molecule has 0 saturated heterocycles. The van der Waals surface area contributed by atoms with E-state index < -0.39 is 0 Å². The normalized spacial score (nSPS) is 10.4. The van der Waals surface area contributed by atoms with E-state index in [0.29, 0.717) is 16.0 Å². The van der Waals surface area contributed by atoms with Crippen molar-refractivity contribution in [1.82, 2.24) is 0 Å². The Balaban J connectivity index is 2.11. The fourth-order valence-electron chi connectivity index (χ4n) is 1.51. The van der Waals surface area contributed by atoms with Crippen molar-refractivity contribution in [3.63, 3.8) is 0 Å². The SMILES string of the molecule is Oc1c(Br)cccc1CNc1ccc(Br)c(Cl)c1. The molecule has 0 spiro atoms. The summed E-state index contributed by atoms with van der Waals surface area (Å²) in [6.45, 7) is 0.531. The van der Waals surface area contributed by atoms with Gasteiger partial charge in [0.1, 0.15) is 5.75 Å². The Hall–Kier alpha value is -0.710. The lowest BCUT2D eigenvalue weighted by Crippen LogP contribution is -1.99. The number of anilines is 1. The van der Waals surface area contributed by atoms with Gasteiger partial charge >= 0.3 is 0 Å². The van der Waals surface area contributed by atoms with Crippen LogP contribution in [0.5, 0.6) is 5.75 Å². The Labute approximate surface area is 127 Å². The van der Waals surface area contributed by atoms with Gasteiger partial charge in [0.25, 0.3) is 0 Å². The Morgan fingerprint density at radius 2 is 1.89 bits per heavy atom. The Morgan fingerprint density at radius 3 is 2.61 bits per heavy atom. The molecule has 0 aromatic heterocycles. The molecular formula is C13H10Br2ClNO. The second-order valence-electron chi connectivity index (χ2n) is 3.73. The third kappa shape index (κ3) is 3.19. The molecular weight excluding hydrogens is 381 g/mol. The van der Waals surface area contributed by atoms with Crippen LogP contribution in [0.3, 0.4) is 0 Å².